The van der Waals surface area contributed by atoms with Crippen molar-refractivity contribution >= 4 is 34.8 Å². The van der Waals surface area contributed by atoms with Crippen molar-refractivity contribution in [3.63, 3.8) is 0 Å². The molecule has 8 nitrogen and oxygen atoms in total. The second kappa shape index (κ2) is 7.68. The van der Waals surface area contributed by atoms with Gasteiger partial charge < -0.3 is 19.9 Å². The minimum absolute atomic E-state index is 0.0714. The molecule has 0 bridgehead atoms. The summed E-state index contributed by atoms with van der Waals surface area (Å²) in [6.45, 7) is 7.17. The van der Waals surface area contributed by atoms with Gasteiger partial charge in [-0.15, -0.1) is 0 Å². The van der Waals surface area contributed by atoms with Gasteiger partial charge >= 0.3 is 5.97 Å². The third-order valence-electron chi connectivity index (χ3n) is 6.04. The Kier molecular flexibility index (Phi) is 5.16. The molecule has 1 aromatic heterocycles. The summed E-state index contributed by atoms with van der Waals surface area (Å²) in [4.78, 5) is 54.6. The lowest BCUT2D eigenvalue weighted by Crippen LogP contribution is -2.43. The van der Waals surface area contributed by atoms with E-state index in [0.29, 0.717) is 22.5 Å². The Labute approximate surface area is 179 Å². The molecule has 1 amide bonds. The van der Waals surface area contributed by atoms with Crippen molar-refractivity contribution < 1.29 is 23.9 Å². The number of hydrogen-bond donors (Lipinski definition) is 2. The number of amides is 1. The lowest BCUT2D eigenvalue weighted by atomic mass is 10.0. The number of benzene rings is 1. The molecule has 0 saturated carbocycles. The van der Waals surface area contributed by atoms with Gasteiger partial charge in [-0.25, -0.2) is 4.79 Å². The topological polar surface area (TPSA) is 109 Å². The Morgan fingerprint density at radius 1 is 1.23 bits per heavy atom. The minimum atomic E-state index is -1.04. The number of rotatable bonds is 5. The predicted octanol–water partition coefficient (Wildman–Crippen LogP) is 3.18. The second-order valence-electron chi connectivity index (χ2n) is 8.17. The van der Waals surface area contributed by atoms with Crippen molar-refractivity contribution in [3.8, 4) is 0 Å². The van der Waals surface area contributed by atoms with E-state index in [9.17, 15) is 19.2 Å². The second-order valence-corrected chi connectivity index (χ2v) is 8.17. The zero-order chi connectivity index (χ0) is 22.4. The molecule has 1 fully saturated rings. The molecule has 1 saturated heterocycles. The normalized spacial score (nSPS) is 18.1. The maximum Gasteiger partial charge on any atom is 0.338 e. The van der Waals surface area contributed by atoms with Crippen LogP contribution in [0.3, 0.4) is 0 Å². The number of ether oxygens (including phenoxy) is 1. The lowest BCUT2D eigenvalue weighted by molar-refractivity contribution is -0.117. The Balaban J connectivity index is 1.52. The number of nitrogens with one attached hydrogen (secondary N) is 2. The number of esters is 1. The van der Waals surface area contributed by atoms with Gasteiger partial charge in [0.05, 0.1) is 22.6 Å². The maximum atomic E-state index is 12.8. The fourth-order valence-electron chi connectivity index (χ4n) is 4.57. The number of aromatic amines is 1. The van der Waals surface area contributed by atoms with Gasteiger partial charge in [0.2, 0.25) is 11.7 Å². The van der Waals surface area contributed by atoms with E-state index in [-0.39, 0.29) is 29.0 Å². The number of ketones is 2. The zero-order valence-corrected chi connectivity index (χ0v) is 18.0. The van der Waals surface area contributed by atoms with Crippen LogP contribution in [0.1, 0.15) is 69.2 Å². The Bertz CT molecular complexity index is 1120. The molecule has 0 aliphatic carbocycles. The van der Waals surface area contributed by atoms with Crippen LogP contribution in [0.5, 0.6) is 0 Å². The van der Waals surface area contributed by atoms with E-state index >= 15 is 0 Å². The number of aryl methyl sites for hydroxylation is 1. The first-order valence-corrected chi connectivity index (χ1v) is 10.4. The average molecular weight is 423 g/mol. The number of H-pyrrole nitrogens is 1. The van der Waals surface area contributed by atoms with Gasteiger partial charge in [0, 0.05) is 17.8 Å². The van der Waals surface area contributed by atoms with Crippen LogP contribution in [0.2, 0.25) is 0 Å². The molecular weight excluding hydrogens is 398 g/mol. The van der Waals surface area contributed by atoms with Crippen molar-refractivity contribution in [1.82, 2.24) is 4.98 Å². The third kappa shape index (κ3) is 3.52. The van der Waals surface area contributed by atoms with Gasteiger partial charge in [0.1, 0.15) is 6.04 Å². The summed E-state index contributed by atoms with van der Waals surface area (Å²) in [7, 11) is 0. The molecule has 2 aromatic rings. The summed E-state index contributed by atoms with van der Waals surface area (Å²) in [6.07, 6.45) is 0.722. The molecule has 0 radical (unpaired) electrons. The number of aromatic nitrogens is 1. The number of carbonyl (C=O) groups is 4. The van der Waals surface area contributed by atoms with Crippen molar-refractivity contribution in [2.75, 3.05) is 16.8 Å². The quantitative estimate of drug-likeness (QED) is 0.565. The van der Waals surface area contributed by atoms with E-state index in [0.717, 1.165) is 25.1 Å². The summed E-state index contributed by atoms with van der Waals surface area (Å²) in [5, 5.41) is 2.86. The van der Waals surface area contributed by atoms with Gasteiger partial charge in [0.25, 0.3) is 0 Å². The molecule has 1 aromatic carbocycles. The number of fused-ring (bicyclic) bond motifs is 3. The molecule has 2 atom stereocenters. The number of carbonyl (C=O) groups excluding carboxylic acids is 4. The first-order valence-electron chi connectivity index (χ1n) is 10.4. The van der Waals surface area contributed by atoms with Gasteiger partial charge in [-0.05, 0) is 64.3 Å². The first kappa shape index (κ1) is 20.8. The molecule has 2 N–H and O–H groups in total. The highest BCUT2D eigenvalue weighted by Gasteiger charge is 2.36. The van der Waals surface area contributed by atoms with E-state index in [1.807, 2.05) is 0 Å². The van der Waals surface area contributed by atoms with Crippen LogP contribution in [0.15, 0.2) is 18.2 Å². The molecule has 31 heavy (non-hydrogen) atoms. The average Bonchev–Trinajstić information content (AvgIpc) is 3.32. The monoisotopic (exact) mass is 423 g/mol. The van der Waals surface area contributed by atoms with Crippen LogP contribution in [0.4, 0.5) is 11.4 Å². The summed E-state index contributed by atoms with van der Waals surface area (Å²) in [5.74, 6) is -1.27. The zero-order valence-electron chi connectivity index (χ0n) is 18.0. The fourth-order valence-corrected chi connectivity index (χ4v) is 4.57. The van der Waals surface area contributed by atoms with Crippen LogP contribution < -0.4 is 10.2 Å². The Hall–Kier alpha value is -3.42. The summed E-state index contributed by atoms with van der Waals surface area (Å²) in [5.41, 5.74) is 3.61. The lowest BCUT2D eigenvalue weighted by Gasteiger charge is -2.33. The van der Waals surface area contributed by atoms with Gasteiger partial charge in [0.15, 0.2) is 11.9 Å². The summed E-state index contributed by atoms with van der Waals surface area (Å²) >= 11 is 0. The molecule has 0 unspecified atom stereocenters. The Morgan fingerprint density at radius 3 is 2.65 bits per heavy atom. The molecule has 8 heteroatoms. The Morgan fingerprint density at radius 2 is 1.97 bits per heavy atom. The molecule has 2 aliphatic heterocycles. The van der Waals surface area contributed by atoms with Crippen LogP contribution in [0.25, 0.3) is 0 Å². The highest BCUT2D eigenvalue weighted by molar-refractivity contribution is 6.07. The van der Waals surface area contributed by atoms with E-state index in [4.69, 9.17) is 4.74 Å². The summed E-state index contributed by atoms with van der Waals surface area (Å²) in [6, 6.07) is 4.87. The van der Waals surface area contributed by atoms with Crippen LogP contribution in [-0.2, 0) is 9.53 Å². The first-order chi connectivity index (χ1) is 14.7. The van der Waals surface area contributed by atoms with Gasteiger partial charge in [-0.2, -0.15) is 0 Å². The van der Waals surface area contributed by atoms with Crippen LogP contribution in [-0.4, -0.2) is 47.1 Å². The van der Waals surface area contributed by atoms with Crippen LogP contribution in [0, 0.1) is 13.8 Å². The molecule has 4 rings (SSSR count). The third-order valence-corrected chi connectivity index (χ3v) is 6.04. The molecule has 0 spiro atoms. The van der Waals surface area contributed by atoms with E-state index in [1.54, 1.807) is 32.0 Å². The minimum Gasteiger partial charge on any atom is -0.451 e. The molecule has 2 aliphatic rings. The molecule has 3 heterocycles. The standard InChI is InChI=1S/C23H25N3O5/c1-11-19(13(3)27)12(2)24-20(11)21(28)14(4)31-23(30)15-7-8-17-16(10-15)25-22(29)18-6-5-9-26(17)18/h7-8,10,14,18,24H,5-6,9H2,1-4H3,(H,25,29)/t14-,18+/m1/s1. The number of Topliss-reactive ketones (excluding diaryl/α,β-unsaturated/α-hetero) is 2. The molecule has 162 valence electrons. The van der Waals surface area contributed by atoms with Gasteiger partial charge in [-0.1, -0.05) is 0 Å². The maximum absolute atomic E-state index is 12.8. The van der Waals surface area contributed by atoms with Crippen molar-refractivity contribution in [2.45, 2.75) is 52.7 Å². The van der Waals surface area contributed by atoms with Crippen molar-refractivity contribution in [1.29, 1.82) is 0 Å². The number of nitrogens with zero attached hydrogens (tertiary/aromatic N) is 1. The highest BCUT2D eigenvalue weighted by atomic mass is 16.5. The van der Waals surface area contributed by atoms with E-state index in [1.165, 1.54) is 13.8 Å². The molecular formula is C23H25N3O5. The summed E-state index contributed by atoms with van der Waals surface area (Å²) < 4.78 is 5.40. The highest BCUT2D eigenvalue weighted by Crippen LogP contribution is 2.37. The van der Waals surface area contributed by atoms with E-state index < -0.39 is 17.9 Å². The largest absolute Gasteiger partial charge is 0.451 e. The van der Waals surface area contributed by atoms with Crippen molar-refractivity contribution in [3.05, 3.63) is 46.3 Å². The van der Waals surface area contributed by atoms with Crippen LogP contribution >= 0.6 is 0 Å². The number of anilines is 2. The van der Waals surface area contributed by atoms with Crippen molar-refractivity contribution in [2.24, 2.45) is 0 Å². The van der Waals surface area contributed by atoms with Gasteiger partial charge in [-0.3, -0.25) is 14.4 Å². The SMILES string of the molecule is CC(=O)c1c(C)[nH]c(C(=O)[C@@H](C)OC(=O)c2ccc3c(c2)NC(=O)[C@@H]2CCCN32)c1C. The van der Waals surface area contributed by atoms with E-state index in [2.05, 4.69) is 15.2 Å². The predicted molar refractivity (Wildman–Crippen MR) is 115 cm³/mol. The number of hydrogen-bond acceptors (Lipinski definition) is 6. The fraction of sp³-hybridized carbons (Fsp3) is 0.391. The smallest absolute Gasteiger partial charge is 0.338 e.